The molecule has 0 saturated heterocycles. The summed E-state index contributed by atoms with van der Waals surface area (Å²) in [4.78, 5) is 11.7. The molecular formula is C12H17FN2O2. The molecule has 0 radical (unpaired) electrons. The van der Waals surface area contributed by atoms with E-state index in [0.717, 1.165) is 0 Å². The third-order valence-electron chi connectivity index (χ3n) is 2.47. The number of amides is 1. The fraction of sp³-hybridized carbons (Fsp3) is 0.417. The van der Waals surface area contributed by atoms with Crippen molar-refractivity contribution in [2.75, 3.05) is 20.7 Å². The van der Waals surface area contributed by atoms with Crippen molar-refractivity contribution in [3.63, 3.8) is 0 Å². The molecule has 5 heteroatoms. The zero-order chi connectivity index (χ0) is 12.8. The van der Waals surface area contributed by atoms with E-state index in [0.29, 0.717) is 12.1 Å². The standard InChI is InChI=1S/C12H17FN2O2/c1-8(14-2)7-15-12(16)9-4-5-10(13)11(6-9)17-3/h4-6,8,14H,7H2,1-3H3,(H,15,16). The maximum atomic E-state index is 13.1. The van der Waals surface area contributed by atoms with E-state index in [2.05, 4.69) is 10.6 Å². The lowest BCUT2D eigenvalue weighted by atomic mass is 10.2. The Hall–Kier alpha value is -1.62. The predicted molar refractivity (Wildman–Crippen MR) is 63.8 cm³/mol. The van der Waals surface area contributed by atoms with Gasteiger partial charge >= 0.3 is 0 Å². The van der Waals surface area contributed by atoms with Crippen LogP contribution in [0.4, 0.5) is 4.39 Å². The van der Waals surface area contributed by atoms with Gasteiger partial charge < -0.3 is 15.4 Å². The van der Waals surface area contributed by atoms with Gasteiger partial charge in [0.25, 0.3) is 5.91 Å². The van der Waals surface area contributed by atoms with Crippen LogP contribution in [0.2, 0.25) is 0 Å². The van der Waals surface area contributed by atoms with Gasteiger partial charge in [0.2, 0.25) is 0 Å². The second-order valence-corrected chi connectivity index (χ2v) is 3.75. The number of rotatable bonds is 5. The molecule has 0 fully saturated rings. The Kier molecular flexibility index (Phi) is 4.90. The van der Waals surface area contributed by atoms with Gasteiger partial charge in [-0.1, -0.05) is 0 Å². The Morgan fingerprint density at radius 3 is 2.82 bits per heavy atom. The van der Waals surface area contributed by atoms with Crippen LogP contribution in [0, 0.1) is 5.82 Å². The molecule has 0 aliphatic carbocycles. The largest absolute Gasteiger partial charge is 0.494 e. The second kappa shape index (κ2) is 6.20. The number of carbonyl (C=O) groups is 1. The number of hydrogen-bond donors (Lipinski definition) is 2. The first-order chi connectivity index (χ1) is 8.08. The van der Waals surface area contributed by atoms with Crippen LogP contribution in [-0.4, -0.2) is 32.7 Å². The number of halogens is 1. The quantitative estimate of drug-likeness (QED) is 0.812. The van der Waals surface area contributed by atoms with Crippen LogP contribution in [0.25, 0.3) is 0 Å². The lowest BCUT2D eigenvalue weighted by Gasteiger charge is -2.11. The molecular weight excluding hydrogens is 223 g/mol. The highest BCUT2D eigenvalue weighted by atomic mass is 19.1. The van der Waals surface area contributed by atoms with Crippen molar-refractivity contribution in [2.45, 2.75) is 13.0 Å². The summed E-state index contributed by atoms with van der Waals surface area (Å²) in [7, 11) is 3.18. The van der Waals surface area contributed by atoms with E-state index in [1.807, 2.05) is 14.0 Å². The van der Waals surface area contributed by atoms with Gasteiger partial charge in [-0.25, -0.2) is 4.39 Å². The van der Waals surface area contributed by atoms with Crippen LogP contribution in [-0.2, 0) is 0 Å². The topological polar surface area (TPSA) is 50.4 Å². The van der Waals surface area contributed by atoms with Crippen molar-refractivity contribution in [2.24, 2.45) is 0 Å². The minimum atomic E-state index is -0.479. The van der Waals surface area contributed by atoms with Crippen LogP contribution >= 0.6 is 0 Å². The number of ether oxygens (including phenoxy) is 1. The highest BCUT2D eigenvalue weighted by Crippen LogP contribution is 2.17. The molecule has 1 rings (SSSR count). The average molecular weight is 240 g/mol. The monoisotopic (exact) mass is 240 g/mol. The Bertz CT molecular complexity index is 396. The SMILES string of the molecule is CNC(C)CNC(=O)c1ccc(F)c(OC)c1. The molecule has 0 heterocycles. The summed E-state index contributed by atoms with van der Waals surface area (Å²) < 4.78 is 18.0. The third kappa shape index (κ3) is 3.71. The molecule has 1 aromatic carbocycles. The molecule has 0 spiro atoms. The number of hydrogen-bond acceptors (Lipinski definition) is 3. The Morgan fingerprint density at radius 2 is 2.24 bits per heavy atom. The zero-order valence-corrected chi connectivity index (χ0v) is 10.2. The number of likely N-dealkylation sites (N-methyl/N-ethyl adjacent to an activating group) is 1. The van der Waals surface area contributed by atoms with Gasteiger partial charge in [0.15, 0.2) is 11.6 Å². The van der Waals surface area contributed by atoms with E-state index in [1.165, 1.54) is 25.3 Å². The molecule has 1 amide bonds. The summed E-state index contributed by atoms with van der Waals surface area (Å²) in [6.45, 7) is 2.46. The maximum absolute atomic E-state index is 13.1. The van der Waals surface area contributed by atoms with E-state index in [4.69, 9.17) is 4.74 Å². The Labute approximate surface area is 100 Å². The fourth-order valence-electron chi connectivity index (χ4n) is 1.25. The fourth-order valence-corrected chi connectivity index (χ4v) is 1.25. The predicted octanol–water partition coefficient (Wildman–Crippen LogP) is 1.17. The highest BCUT2D eigenvalue weighted by molar-refractivity contribution is 5.94. The van der Waals surface area contributed by atoms with Gasteiger partial charge in [0.1, 0.15) is 0 Å². The molecule has 94 valence electrons. The minimum Gasteiger partial charge on any atom is -0.494 e. The lowest BCUT2D eigenvalue weighted by molar-refractivity contribution is 0.0950. The number of methoxy groups -OCH3 is 1. The normalized spacial score (nSPS) is 12.0. The van der Waals surface area contributed by atoms with Crippen molar-refractivity contribution in [3.05, 3.63) is 29.6 Å². The van der Waals surface area contributed by atoms with Crippen molar-refractivity contribution in [1.82, 2.24) is 10.6 Å². The smallest absolute Gasteiger partial charge is 0.251 e. The molecule has 17 heavy (non-hydrogen) atoms. The summed E-state index contributed by atoms with van der Waals surface area (Å²) in [6.07, 6.45) is 0. The summed E-state index contributed by atoms with van der Waals surface area (Å²) >= 11 is 0. The zero-order valence-electron chi connectivity index (χ0n) is 10.2. The van der Waals surface area contributed by atoms with Gasteiger partial charge in [0, 0.05) is 18.2 Å². The molecule has 1 aromatic rings. The summed E-state index contributed by atoms with van der Waals surface area (Å²) in [6, 6.07) is 4.21. The van der Waals surface area contributed by atoms with E-state index in [9.17, 15) is 9.18 Å². The molecule has 0 aromatic heterocycles. The summed E-state index contributed by atoms with van der Waals surface area (Å²) in [5.41, 5.74) is 0.381. The van der Waals surface area contributed by atoms with Crippen LogP contribution in [0.5, 0.6) is 5.75 Å². The average Bonchev–Trinajstić information content (AvgIpc) is 2.35. The van der Waals surface area contributed by atoms with Crippen LogP contribution < -0.4 is 15.4 Å². The van der Waals surface area contributed by atoms with Crippen LogP contribution in [0.1, 0.15) is 17.3 Å². The summed E-state index contributed by atoms with van der Waals surface area (Å²) in [5.74, 6) is -0.655. The van der Waals surface area contributed by atoms with Gasteiger partial charge in [-0.3, -0.25) is 4.79 Å². The molecule has 0 aliphatic heterocycles. The molecule has 0 saturated carbocycles. The molecule has 4 nitrogen and oxygen atoms in total. The van der Waals surface area contributed by atoms with Gasteiger partial charge in [-0.05, 0) is 32.2 Å². The molecule has 2 N–H and O–H groups in total. The third-order valence-corrected chi connectivity index (χ3v) is 2.47. The van der Waals surface area contributed by atoms with Crippen molar-refractivity contribution >= 4 is 5.91 Å². The maximum Gasteiger partial charge on any atom is 0.251 e. The molecule has 1 unspecified atom stereocenters. The van der Waals surface area contributed by atoms with Crippen LogP contribution in [0.15, 0.2) is 18.2 Å². The first-order valence-corrected chi connectivity index (χ1v) is 5.37. The Balaban J connectivity index is 2.69. The Morgan fingerprint density at radius 1 is 1.53 bits per heavy atom. The summed E-state index contributed by atoms with van der Waals surface area (Å²) in [5, 5.41) is 5.74. The van der Waals surface area contributed by atoms with Gasteiger partial charge in [-0.15, -0.1) is 0 Å². The number of carbonyl (C=O) groups excluding carboxylic acids is 1. The van der Waals surface area contributed by atoms with Crippen molar-refractivity contribution in [3.8, 4) is 5.75 Å². The first-order valence-electron chi connectivity index (χ1n) is 5.37. The van der Waals surface area contributed by atoms with E-state index < -0.39 is 5.82 Å². The molecule has 1 atom stereocenters. The molecule has 0 bridgehead atoms. The number of nitrogens with one attached hydrogen (secondary N) is 2. The van der Waals surface area contributed by atoms with E-state index >= 15 is 0 Å². The highest BCUT2D eigenvalue weighted by Gasteiger charge is 2.10. The van der Waals surface area contributed by atoms with Gasteiger partial charge in [-0.2, -0.15) is 0 Å². The second-order valence-electron chi connectivity index (χ2n) is 3.75. The first kappa shape index (κ1) is 13.4. The number of benzene rings is 1. The molecule has 0 aliphatic rings. The van der Waals surface area contributed by atoms with Crippen LogP contribution in [0.3, 0.4) is 0 Å². The minimum absolute atomic E-state index is 0.0688. The van der Waals surface area contributed by atoms with E-state index in [-0.39, 0.29) is 17.7 Å². The van der Waals surface area contributed by atoms with Crippen molar-refractivity contribution in [1.29, 1.82) is 0 Å². The van der Waals surface area contributed by atoms with Crippen molar-refractivity contribution < 1.29 is 13.9 Å². The van der Waals surface area contributed by atoms with E-state index in [1.54, 1.807) is 0 Å². The van der Waals surface area contributed by atoms with Gasteiger partial charge in [0.05, 0.1) is 7.11 Å². The lowest BCUT2D eigenvalue weighted by Crippen LogP contribution is -2.37.